The molecule has 4 aromatic rings. The number of nitrogens with one attached hydrogen (secondary N) is 1. The van der Waals surface area contributed by atoms with Crippen molar-refractivity contribution in [1.29, 1.82) is 0 Å². The summed E-state index contributed by atoms with van der Waals surface area (Å²) in [5, 5.41) is 2.69. The fourth-order valence-electron chi connectivity index (χ4n) is 2.83. The topological polar surface area (TPSA) is 58.4 Å². The van der Waals surface area contributed by atoms with Crippen molar-refractivity contribution in [2.24, 2.45) is 4.99 Å². The van der Waals surface area contributed by atoms with Crippen LogP contribution >= 0.6 is 0 Å². The Balaban J connectivity index is 1.75. The molecule has 0 saturated carbocycles. The zero-order valence-electron chi connectivity index (χ0n) is 13.9. The van der Waals surface area contributed by atoms with Crippen LogP contribution in [-0.2, 0) is 0 Å². The van der Waals surface area contributed by atoms with E-state index in [0.717, 1.165) is 22.4 Å². The Labute approximate surface area is 150 Å². The molecule has 0 atom stereocenters. The first-order valence-electron chi connectivity index (χ1n) is 8.28. The maximum atomic E-state index is 12.1. The number of nitrogens with zero attached hydrogens (tertiary/aromatic N) is 1. The first-order valence-corrected chi connectivity index (χ1v) is 8.28. The van der Waals surface area contributed by atoms with Crippen LogP contribution in [0.25, 0.3) is 22.4 Å². The third-order valence-electron chi connectivity index (χ3n) is 4.12. The highest BCUT2D eigenvalue weighted by atomic mass is 16.5. The third kappa shape index (κ3) is 3.13. The summed E-state index contributed by atoms with van der Waals surface area (Å²) in [4.78, 5) is 16.7. The number of rotatable bonds is 4. The lowest BCUT2D eigenvalue weighted by molar-refractivity contribution is 0.393. The van der Waals surface area contributed by atoms with Gasteiger partial charge >= 0.3 is 5.63 Å². The average Bonchev–Trinajstić information content (AvgIpc) is 3.08. The highest BCUT2D eigenvalue weighted by Gasteiger charge is 2.12. The van der Waals surface area contributed by atoms with Gasteiger partial charge in [0.1, 0.15) is 5.56 Å². The lowest BCUT2D eigenvalue weighted by atomic mass is 10.0. The van der Waals surface area contributed by atoms with Crippen molar-refractivity contribution in [1.82, 2.24) is 5.16 Å². The van der Waals surface area contributed by atoms with Gasteiger partial charge in [-0.05, 0) is 11.6 Å². The molecule has 0 aliphatic heterocycles. The number of benzene rings is 3. The highest BCUT2D eigenvalue weighted by molar-refractivity contribution is 5.91. The van der Waals surface area contributed by atoms with Crippen LogP contribution in [0.15, 0.2) is 99.2 Å². The van der Waals surface area contributed by atoms with Gasteiger partial charge in [-0.15, -0.1) is 0 Å². The van der Waals surface area contributed by atoms with Crippen molar-refractivity contribution in [2.45, 2.75) is 0 Å². The minimum atomic E-state index is -0.440. The summed E-state index contributed by atoms with van der Waals surface area (Å²) >= 11 is 0. The monoisotopic (exact) mass is 340 g/mol. The molecule has 4 nitrogen and oxygen atoms in total. The molecule has 1 aromatic heterocycles. The Bertz CT molecular complexity index is 1090. The molecule has 1 N–H and O–H groups in total. The van der Waals surface area contributed by atoms with Crippen molar-refractivity contribution in [2.75, 3.05) is 0 Å². The molecule has 26 heavy (non-hydrogen) atoms. The van der Waals surface area contributed by atoms with Crippen LogP contribution in [0.1, 0.15) is 5.56 Å². The molecule has 126 valence electrons. The number of aromatic amines is 1. The zero-order chi connectivity index (χ0) is 17.8. The van der Waals surface area contributed by atoms with E-state index in [9.17, 15) is 4.79 Å². The molecule has 0 saturated heterocycles. The van der Waals surface area contributed by atoms with E-state index < -0.39 is 5.63 Å². The first kappa shape index (κ1) is 15.8. The fraction of sp³-hybridized carbons (Fsp3) is 0. The summed E-state index contributed by atoms with van der Waals surface area (Å²) < 4.78 is 4.98. The standard InChI is InChI=1S/C22H16N2O2/c25-22-19(21(24-26-22)17-11-5-2-6-12-17)15-23-20-14-8-7-13-18(20)16-9-3-1-4-10-16/h1-15,24H. The van der Waals surface area contributed by atoms with Gasteiger partial charge < -0.3 is 4.52 Å². The predicted molar refractivity (Wildman–Crippen MR) is 104 cm³/mol. The molecule has 0 aliphatic rings. The van der Waals surface area contributed by atoms with Gasteiger partial charge in [0.15, 0.2) is 0 Å². The van der Waals surface area contributed by atoms with Gasteiger partial charge in [0, 0.05) is 17.3 Å². The maximum Gasteiger partial charge on any atom is 0.366 e. The van der Waals surface area contributed by atoms with Crippen LogP contribution in [0.2, 0.25) is 0 Å². The molecule has 0 radical (unpaired) electrons. The van der Waals surface area contributed by atoms with Crippen LogP contribution in [-0.4, -0.2) is 11.4 Å². The number of hydrogen-bond donors (Lipinski definition) is 1. The Hall–Kier alpha value is -3.66. The second-order valence-corrected chi connectivity index (χ2v) is 5.79. The number of H-pyrrole nitrogens is 1. The third-order valence-corrected chi connectivity index (χ3v) is 4.12. The summed E-state index contributed by atoms with van der Waals surface area (Å²) in [5.74, 6) is 0. The molecule has 1 heterocycles. The van der Waals surface area contributed by atoms with Crippen LogP contribution in [0, 0.1) is 0 Å². The smallest absolute Gasteiger partial charge is 0.338 e. The summed E-state index contributed by atoms with van der Waals surface area (Å²) in [6.07, 6.45) is 1.56. The summed E-state index contributed by atoms with van der Waals surface area (Å²) in [5.41, 5.74) is 4.32. The van der Waals surface area contributed by atoms with E-state index in [4.69, 9.17) is 4.52 Å². The number of aliphatic imine (C=N–C) groups is 1. The van der Waals surface area contributed by atoms with Crippen molar-refractivity contribution < 1.29 is 4.52 Å². The second-order valence-electron chi connectivity index (χ2n) is 5.79. The maximum absolute atomic E-state index is 12.1. The van der Waals surface area contributed by atoms with Crippen LogP contribution in [0.5, 0.6) is 0 Å². The molecule has 4 heteroatoms. The van der Waals surface area contributed by atoms with E-state index in [1.165, 1.54) is 0 Å². The van der Waals surface area contributed by atoms with E-state index in [-0.39, 0.29) is 0 Å². The highest BCUT2D eigenvalue weighted by Crippen LogP contribution is 2.30. The zero-order valence-corrected chi connectivity index (χ0v) is 13.9. The quantitative estimate of drug-likeness (QED) is 0.528. The normalized spacial score (nSPS) is 11.1. The summed E-state index contributed by atoms with van der Waals surface area (Å²) in [7, 11) is 0. The van der Waals surface area contributed by atoms with Crippen LogP contribution < -0.4 is 5.63 Å². The van der Waals surface area contributed by atoms with E-state index >= 15 is 0 Å². The van der Waals surface area contributed by atoms with Crippen molar-refractivity contribution in [3.05, 3.63) is 101 Å². The van der Waals surface area contributed by atoms with Gasteiger partial charge in [0.2, 0.25) is 0 Å². The molecule has 4 rings (SSSR count). The number of hydrogen-bond acceptors (Lipinski definition) is 3. The molecule has 0 unspecified atom stereocenters. The van der Waals surface area contributed by atoms with Crippen molar-refractivity contribution in [3.63, 3.8) is 0 Å². The Kier molecular flexibility index (Phi) is 4.31. The fourth-order valence-corrected chi connectivity index (χ4v) is 2.83. The summed E-state index contributed by atoms with van der Waals surface area (Å²) in [6.45, 7) is 0. The van der Waals surface area contributed by atoms with Crippen LogP contribution in [0.4, 0.5) is 5.69 Å². The Morgan fingerprint density at radius 3 is 2.12 bits per heavy atom. The number of aromatic nitrogens is 1. The number of para-hydroxylation sites is 1. The predicted octanol–water partition coefficient (Wildman–Crippen LogP) is 5.05. The van der Waals surface area contributed by atoms with Crippen molar-refractivity contribution in [3.8, 4) is 22.4 Å². The minimum absolute atomic E-state index is 0.402. The van der Waals surface area contributed by atoms with E-state index in [1.807, 2.05) is 84.9 Å². The summed E-state index contributed by atoms with van der Waals surface area (Å²) in [6, 6.07) is 27.4. The van der Waals surface area contributed by atoms with Gasteiger partial charge in [-0.2, -0.15) is 0 Å². The van der Waals surface area contributed by atoms with Gasteiger partial charge in [-0.25, -0.2) is 9.95 Å². The molecule has 0 bridgehead atoms. The second kappa shape index (κ2) is 7.07. The lowest BCUT2D eigenvalue weighted by Crippen LogP contribution is -2.01. The van der Waals surface area contributed by atoms with Gasteiger partial charge in [0.25, 0.3) is 0 Å². The van der Waals surface area contributed by atoms with E-state index in [1.54, 1.807) is 6.21 Å². The molecule has 0 amide bonds. The Morgan fingerprint density at radius 2 is 1.38 bits per heavy atom. The van der Waals surface area contributed by atoms with E-state index in [0.29, 0.717) is 11.3 Å². The molecule has 0 fully saturated rings. The molecule has 0 aliphatic carbocycles. The molecule has 0 spiro atoms. The SMILES string of the molecule is O=c1o[nH]c(-c2ccccc2)c1C=Nc1ccccc1-c1ccccc1. The first-order chi connectivity index (χ1) is 12.8. The van der Waals surface area contributed by atoms with Gasteiger partial charge in [0.05, 0.1) is 11.4 Å². The van der Waals surface area contributed by atoms with Gasteiger partial charge in [-0.1, -0.05) is 78.9 Å². The molecule has 3 aromatic carbocycles. The molecular weight excluding hydrogens is 324 g/mol. The van der Waals surface area contributed by atoms with Crippen LogP contribution in [0.3, 0.4) is 0 Å². The minimum Gasteiger partial charge on any atom is -0.338 e. The Morgan fingerprint density at radius 1 is 0.769 bits per heavy atom. The van der Waals surface area contributed by atoms with Crippen molar-refractivity contribution >= 4 is 11.9 Å². The largest absolute Gasteiger partial charge is 0.366 e. The average molecular weight is 340 g/mol. The van der Waals surface area contributed by atoms with Gasteiger partial charge in [-0.3, -0.25) is 4.99 Å². The van der Waals surface area contributed by atoms with E-state index in [2.05, 4.69) is 10.1 Å². The molecular formula is C22H16N2O2. The lowest BCUT2D eigenvalue weighted by Gasteiger charge is -2.05.